The molecule has 4 heteroatoms. The minimum Gasteiger partial charge on any atom is -0.309 e. The van der Waals surface area contributed by atoms with Gasteiger partial charge in [0.2, 0.25) is 0 Å². The van der Waals surface area contributed by atoms with E-state index in [4.69, 9.17) is 0 Å². The van der Waals surface area contributed by atoms with E-state index in [0.29, 0.717) is 12.1 Å². The maximum Gasteiger partial charge on any atom is 0.0324 e. The zero-order valence-electron chi connectivity index (χ0n) is 12.3. The van der Waals surface area contributed by atoms with Crippen molar-refractivity contribution in [1.82, 2.24) is 20.1 Å². The van der Waals surface area contributed by atoms with Crippen molar-refractivity contribution in [2.24, 2.45) is 0 Å². The Morgan fingerprint density at radius 1 is 1.37 bits per heavy atom. The van der Waals surface area contributed by atoms with Crippen LogP contribution in [-0.4, -0.2) is 60.6 Å². The van der Waals surface area contributed by atoms with E-state index in [1.54, 1.807) is 0 Å². The van der Waals surface area contributed by atoms with Crippen LogP contribution in [0.15, 0.2) is 24.5 Å². The van der Waals surface area contributed by atoms with Crippen molar-refractivity contribution < 1.29 is 0 Å². The Balaban J connectivity index is 1.96. The van der Waals surface area contributed by atoms with Crippen LogP contribution in [0.1, 0.15) is 18.9 Å². The van der Waals surface area contributed by atoms with Crippen molar-refractivity contribution in [3.8, 4) is 0 Å². The zero-order valence-corrected chi connectivity index (χ0v) is 12.3. The van der Waals surface area contributed by atoms with Crippen molar-refractivity contribution in [3.05, 3.63) is 30.1 Å². The normalized spacial score (nSPS) is 25.5. The smallest absolute Gasteiger partial charge is 0.0324 e. The number of pyridine rings is 1. The molecule has 0 amide bonds. The highest BCUT2D eigenvalue weighted by atomic mass is 15.2. The van der Waals surface area contributed by atoms with Crippen LogP contribution in [0.25, 0.3) is 0 Å². The van der Waals surface area contributed by atoms with E-state index in [1.807, 2.05) is 12.4 Å². The quantitative estimate of drug-likeness (QED) is 0.883. The number of likely N-dealkylation sites (N-methyl/N-ethyl adjacent to an activating group) is 1. The van der Waals surface area contributed by atoms with Crippen LogP contribution >= 0.6 is 0 Å². The number of hydrogen-bond donors (Lipinski definition) is 1. The summed E-state index contributed by atoms with van der Waals surface area (Å²) >= 11 is 0. The highest BCUT2D eigenvalue weighted by Gasteiger charge is 2.21. The summed E-state index contributed by atoms with van der Waals surface area (Å²) in [5.41, 5.74) is 1.35. The fourth-order valence-electron chi connectivity index (χ4n) is 2.76. The van der Waals surface area contributed by atoms with E-state index in [0.717, 1.165) is 19.6 Å². The average Bonchev–Trinajstić information content (AvgIpc) is 2.52. The highest BCUT2D eigenvalue weighted by Crippen LogP contribution is 2.10. The molecular weight excluding hydrogens is 236 g/mol. The lowest BCUT2D eigenvalue weighted by molar-refractivity contribution is 0.236. The summed E-state index contributed by atoms with van der Waals surface area (Å²) in [4.78, 5) is 8.91. The van der Waals surface area contributed by atoms with E-state index < -0.39 is 0 Å². The molecule has 0 aromatic carbocycles. The third kappa shape index (κ3) is 4.90. The monoisotopic (exact) mass is 262 g/mol. The van der Waals surface area contributed by atoms with Crippen LogP contribution in [-0.2, 0) is 6.54 Å². The molecule has 2 atom stereocenters. The van der Waals surface area contributed by atoms with Crippen LogP contribution in [0.3, 0.4) is 0 Å². The maximum absolute atomic E-state index is 4.09. The number of aromatic nitrogens is 1. The Kier molecular flexibility index (Phi) is 5.31. The fourth-order valence-corrected chi connectivity index (χ4v) is 2.76. The fraction of sp³-hybridized carbons (Fsp3) is 0.667. The first kappa shape index (κ1) is 14.4. The van der Waals surface area contributed by atoms with Gasteiger partial charge in [-0.15, -0.1) is 0 Å². The molecule has 4 nitrogen and oxygen atoms in total. The molecule has 0 bridgehead atoms. The van der Waals surface area contributed by atoms with Crippen LogP contribution in [0, 0.1) is 0 Å². The van der Waals surface area contributed by atoms with Crippen molar-refractivity contribution in [2.75, 3.05) is 33.7 Å². The van der Waals surface area contributed by atoms with Gasteiger partial charge in [0.25, 0.3) is 0 Å². The molecule has 1 aliphatic heterocycles. The second kappa shape index (κ2) is 6.98. The van der Waals surface area contributed by atoms with Crippen molar-refractivity contribution >= 4 is 0 Å². The van der Waals surface area contributed by atoms with Crippen LogP contribution in [0.4, 0.5) is 0 Å². The summed E-state index contributed by atoms with van der Waals surface area (Å²) in [6, 6.07) is 5.38. The lowest BCUT2D eigenvalue weighted by Crippen LogP contribution is -2.46. The number of nitrogens with one attached hydrogen (secondary N) is 1. The van der Waals surface area contributed by atoms with Crippen molar-refractivity contribution in [2.45, 2.75) is 32.0 Å². The van der Waals surface area contributed by atoms with Gasteiger partial charge < -0.3 is 10.2 Å². The van der Waals surface area contributed by atoms with E-state index in [1.165, 1.54) is 18.5 Å². The molecule has 0 aliphatic carbocycles. The first-order valence-corrected chi connectivity index (χ1v) is 7.15. The summed E-state index contributed by atoms with van der Waals surface area (Å²) in [5.74, 6) is 0. The molecule has 2 unspecified atom stereocenters. The SMILES string of the molecule is CC1CCN(Cc2ccncc2)CC(CN(C)C)N1. The molecule has 1 N–H and O–H groups in total. The van der Waals surface area contributed by atoms with Gasteiger partial charge in [-0.05, 0) is 45.1 Å². The molecule has 1 aromatic heterocycles. The summed E-state index contributed by atoms with van der Waals surface area (Å²) in [5, 5.41) is 3.73. The summed E-state index contributed by atoms with van der Waals surface area (Å²) in [7, 11) is 4.29. The molecule has 0 saturated carbocycles. The molecule has 2 rings (SSSR count). The van der Waals surface area contributed by atoms with E-state index in [-0.39, 0.29) is 0 Å². The molecule has 1 aromatic rings. The van der Waals surface area contributed by atoms with Gasteiger partial charge in [0.05, 0.1) is 0 Å². The molecule has 1 fully saturated rings. The van der Waals surface area contributed by atoms with Gasteiger partial charge in [0.15, 0.2) is 0 Å². The van der Waals surface area contributed by atoms with Gasteiger partial charge in [0.1, 0.15) is 0 Å². The van der Waals surface area contributed by atoms with Crippen LogP contribution in [0.2, 0.25) is 0 Å². The Morgan fingerprint density at radius 3 is 2.79 bits per heavy atom. The van der Waals surface area contributed by atoms with Gasteiger partial charge >= 0.3 is 0 Å². The number of nitrogens with zero attached hydrogens (tertiary/aromatic N) is 3. The van der Waals surface area contributed by atoms with Gasteiger partial charge in [-0.2, -0.15) is 0 Å². The lowest BCUT2D eigenvalue weighted by atomic mass is 10.2. The molecule has 2 heterocycles. The Labute approximate surface area is 116 Å². The molecule has 0 spiro atoms. The van der Waals surface area contributed by atoms with Crippen molar-refractivity contribution in [1.29, 1.82) is 0 Å². The van der Waals surface area contributed by atoms with E-state index in [2.05, 4.69) is 53.3 Å². The zero-order chi connectivity index (χ0) is 13.7. The first-order valence-electron chi connectivity index (χ1n) is 7.15. The first-order chi connectivity index (χ1) is 9.13. The largest absolute Gasteiger partial charge is 0.309 e. The summed E-state index contributed by atoms with van der Waals surface area (Å²) in [6.07, 6.45) is 4.98. The number of hydrogen-bond acceptors (Lipinski definition) is 4. The third-order valence-electron chi connectivity index (χ3n) is 3.62. The molecular formula is C15H26N4. The maximum atomic E-state index is 4.09. The molecule has 106 valence electrons. The predicted octanol–water partition coefficient (Wildman–Crippen LogP) is 1.20. The topological polar surface area (TPSA) is 31.4 Å². The van der Waals surface area contributed by atoms with E-state index in [9.17, 15) is 0 Å². The van der Waals surface area contributed by atoms with Gasteiger partial charge in [-0.25, -0.2) is 0 Å². The lowest BCUT2D eigenvalue weighted by Gasteiger charge is -2.26. The molecule has 1 saturated heterocycles. The van der Waals surface area contributed by atoms with Gasteiger partial charge in [-0.1, -0.05) is 0 Å². The Bertz CT molecular complexity index is 366. The highest BCUT2D eigenvalue weighted by molar-refractivity contribution is 5.09. The van der Waals surface area contributed by atoms with E-state index >= 15 is 0 Å². The summed E-state index contributed by atoms with van der Waals surface area (Å²) in [6.45, 7) is 6.70. The molecule has 1 aliphatic rings. The second-order valence-corrected chi connectivity index (χ2v) is 5.91. The van der Waals surface area contributed by atoms with Crippen LogP contribution in [0.5, 0.6) is 0 Å². The Morgan fingerprint density at radius 2 is 2.11 bits per heavy atom. The second-order valence-electron chi connectivity index (χ2n) is 5.91. The molecule has 0 radical (unpaired) electrons. The number of rotatable bonds is 4. The van der Waals surface area contributed by atoms with Gasteiger partial charge in [-0.3, -0.25) is 9.88 Å². The third-order valence-corrected chi connectivity index (χ3v) is 3.62. The minimum absolute atomic E-state index is 0.550. The Hall–Kier alpha value is -0.970. The molecule has 19 heavy (non-hydrogen) atoms. The predicted molar refractivity (Wildman–Crippen MR) is 79.1 cm³/mol. The average molecular weight is 262 g/mol. The minimum atomic E-state index is 0.550. The van der Waals surface area contributed by atoms with Crippen LogP contribution < -0.4 is 5.32 Å². The summed E-state index contributed by atoms with van der Waals surface area (Å²) < 4.78 is 0. The van der Waals surface area contributed by atoms with Gasteiger partial charge in [0, 0.05) is 50.7 Å². The van der Waals surface area contributed by atoms with Crippen molar-refractivity contribution in [3.63, 3.8) is 0 Å². The standard InChI is InChI=1S/C15H26N4/c1-13-6-9-19(10-14-4-7-16-8-5-14)12-15(17-13)11-18(2)3/h4-5,7-8,13,15,17H,6,9-12H2,1-3H3.